The Bertz CT molecular complexity index is 586. The lowest BCUT2D eigenvalue weighted by molar-refractivity contribution is 0.0988. The topological polar surface area (TPSA) is 17.1 Å². The number of rotatable bonds is 10. The third-order valence-electron chi connectivity index (χ3n) is 4.25. The van der Waals surface area contributed by atoms with Crippen molar-refractivity contribution in [1.29, 1.82) is 0 Å². The Morgan fingerprint density at radius 2 is 1.33 bits per heavy atom. The molecule has 0 heterocycles. The van der Waals surface area contributed by atoms with Gasteiger partial charge in [0.2, 0.25) is 11.0 Å². The van der Waals surface area contributed by atoms with E-state index in [2.05, 4.69) is 38.1 Å². The molecule has 0 bridgehead atoms. The number of ketones is 1. The van der Waals surface area contributed by atoms with Crippen molar-refractivity contribution in [2.75, 3.05) is 11.5 Å². The number of hydrogen-bond acceptors (Lipinski definition) is 1. The maximum absolute atomic E-state index is 13.3. The van der Waals surface area contributed by atoms with Gasteiger partial charge in [-0.3, -0.25) is 4.79 Å². The first-order chi connectivity index (χ1) is 11.8. The number of Topliss-reactive ketones (excluding diaryl/α,β-unsaturated/α-hetero) is 1. The molecular formula is C22H29OS+. The highest BCUT2D eigenvalue weighted by atomic mass is 32.2. The molecule has 128 valence electrons. The molecule has 2 aromatic carbocycles. The molecule has 0 saturated carbocycles. The van der Waals surface area contributed by atoms with E-state index >= 15 is 0 Å². The summed E-state index contributed by atoms with van der Waals surface area (Å²) in [6.45, 7) is 4.47. The molecule has 0 saturated heterocycles. The van der Waals surface area contributed by atoms with Gasteiger partial charge in [0.25, 0.3) is 0 Å². The van der Waals surface area contributed by atoms with Crippen LogP contribution in [0.1, 0.15) is 60.7 Å². The molecule has 0 aliphatic carbocycles. The number of unbranched alkanes of at least 4 members (excludes halogenated alkanes) is 2. The maximum Gasteiger partial charge on any atom is 0.219 e. The van der Waals surface area contributed by atoms with Crippen LogP contribution in [0, 0.1) is 0 Å². The van der Waals surface area contributed by atoms with Crippen LogP contribution in [0.4, 0.5) is 0 Å². The van der Waals surface area contributed by atoms with Crippen LogP contribution in [0.3, 0.4) is 0 Å². The van der Waals surface area contributed by atoms with Gasteiger partial charge in [0.05, 0.1) is 0 Å². The first-order valence-electron chi connectivity index (χ1n) is 9.08. The van der Waals surface area contributed by atoms with Crippen molar-refractivity contribution in [3.05, 3.63) is 71.8 Å². The normalized spacial score (nSPS) is 12.3. The Morgan fingerprint density at radius 3 is 1.83 bits per heavy atom. The molecule has 0 amide bonds. The Hall–Kier alpha value is -1.54. The second-order valence-corrected chi connectivity index (χ2v) is 8.54. The van der Waals surface area contributed by atoms with Gasteiger partial charge in [-0.05, 0) is 12.8 Å². The summed E-state index contributed by atoms with van der Waals surface area (Å²) in [5.41, 5.74) is 2.03. The quantitative estimate of drug-likeness (QED) is 0.392. The minimum absolute atomic E-state index is 0.00620. The first-order valence-corrected chi connectivity index (χ1v) is 10.7. The third kappa shape index (κ3) is 5.24. The zero-order valence-corrected chi connectivity index (χ0v) is 15.7. The predicted octanol–water partition coefficient (Wildman–Crippen LogP) is 5.83. The van der Waals surface area contributed by atoms with E-state index in [1.54, 1.807) is 0 Å². The molecule has 0 spiro atoms. The lowest BCUT2D eigenvalue weighted by Crippen LogP contribution is -2.28. The van der Waals surface area contributed by atoms with Gasteiger partial charge in [0.1, 0.15) is 11.5 Å². The van der Waals surface area contributed by atoms with Crippen molar-refractivity contribution < 1.29 is 4.79 Å². The predicted molar refractivity (Wildman–Crippen MR) is 107 cm³/mol. The molecule has 2 rings (SSSR count). The highest BCUT2D eigenvalue weighted by Crippen LogP contribution is 2.30. The summed E-state index contributed by atoms with van der Waals surface area (Å²) in [7, 11) is 0.107. The summed E-state index contributed by atoms with van der Waals surface area (Å²) >= 11 is 0. The molecule has 0 radical (unpaired) electrons. The van der Waals surface area contributed by atoms with E-state index in [0.717, 1.165) is 17.1 Å². The van der Waals surface area contributed by atoms with E-state index < -0.39 is 0 Å². The van der Waals surface area contributed by atoms with Gasteiger partial charge in [-0.15, -0.1) is 0 Å². The van der Waals surface area contributed by atoms with Crippen LogP contribution in [-0.4, -0.2) is 17.3 Å². The van der Waals surface area contributed by atoms with Gasteiger partial charge in [-0.25, -0.2) is 0 Å². The molecule has 0 aliphatic rings. The Labute approximate surface area is 149 Å². The number of benzene rings is 2. The molecule has 0 fully saturated rings. The molecule has 1 unspecified atom stereocenters. The van der Waals surface area contributed by atoms with Crippen LogP contribution in [0.5, 0.6) is 0 Å². The van der Waals surface area contributed by atoms with E-state index in [1.165, 1.54) is 31.2 Å². The summed E-state index contributed by atoms with van der Waals surface area (Å²) < 4.78 is 0. The van der Waals surface area contributed by atoms with Gasteiger partial charge in [0.15, 0.2) is 0 Å². The Balaban J connectivity index is 2.34. The third-order valence-corrected chi connectivity index (χ3v) is 7.03. The SMILES string of the molecule is CCCC[S+](CCCC)C(C(=O)c1ccccc1)c1ccccc1. The van der Waals surface area contributed by atoms with Gasteiger partial charge >= 0.3 is 0 Å². The van der Waals surface area contributed by atoms with Crippen molar-refractivity contribution in [1.82, 2.24) is 0 Å². The van der Waals surface area contributed by atoms with Crippen molar-refractivity contribution in [2.45, 2.75) is 44.8 Å². The van der Waals surface area contributed by atoms with E-state index in [-0.39, 0.29) is 21.9 Å². The summed E-state index contributed by atoms with van der Waals surface area (Å²) in [6.07, 6.45) is 4.80. The van der Waals surface area contributed by atoms with Crippen LogP contribution >= 0.6 is 0 Å². The number of hydrogen-bond donors (Lipinski definition) is 0. The average molecular weight is 342 g/mol. The van der Waals surface area contributed by atoms with Crippen molar-refractivity contribution in [3.8, 4) is 0 Å². The zero-order chi connectivity index (χ0) is 17.2. The van der Waals surface area contributed by atoms with Crippen molar-refractivity contribution >= 4 is 16.7 Å². The van der Waals surface area contributed by atoms with Crippen LogP contribution in [0.2, 0.25) is 0 Å². The minimum atomic E-state index is 0.00620. The van der Waals surface area contributed by atoms with Crippen LogP contribution in [-0.2, 0) is 10.9 Å². The first kappa shape index (κ1) is 18.8. The van der Waals surface area contributed by atoms with Crippen molar-refractivity contribution in [2.24, 2.45) is 0 Å². The molecule has 2 aromatic rings. The Kier molecular flexibility index (Phi) is 8.11. The fraction of sp³-hybridized carbons (Fsp3) is 0.409. The summed E-state index contributed by atoms with van der Waals surface area (Å²) in [4.78, 5) is 13.3. The lowest BCUT2D eigenvalue weighted by Gasteiger charge is -2.19. The number of carbonyl (C=O) groups is 1. The molecule has 1 nitrogen and oxygen atoms in total. The van der Waals surface area contributed by atoms with Gasteiger partial charge in [-0.1, -0.05) is 87.4 Å². The highest BCUT2D eigenvalue weighted by molar-refractivity contribution is 7.97. The fourth-order valence-electron chi connectivity index (χ4n) is 2.87. The zero-order valence-electron chi connectivity index (χ0n) is 14.9. The van der Waals surface area contributed by atoms with Crippen LogP contribution in [0.15, 0.2) is 60.7 Å². The molecule has 24 heavy (non-hydrogen) atoms. The second kappa shape index (κ2) is 10.4. The van der Waals surface area contributed by atoms with Crippen LogP contribution < -0.4 is 0 Å². The highest BCUT2D eigenvalue weighted by Gasteiger charge is 2.37. The van der Waals surface area contributed by atoms with E-state index in [9.17, 15) is 4.79 Å². The Morgan fingerprint density at radius 1 is 0.833 bits per heavy atom. The fourth-order valence-corrected chi connectivity index (χ4v) is 5.85. The molecule has 0 N–H and O–H groups in total. The van der Waals surface area contributed by atoms with E-state index in [1.807, 2.05) is 36.4 Å². The largest absolute Gasteiger partial charge is 0.288 e. The molecule has 0 aliphatic heterocycles. The smallest absolute Gasteiger partial charge is 0.219 e. The van der Waals surface area contributed by atoms with Crippen LogP contribution in [0.25, 0.3) is 0 Å². The van der Waals surface area contributed by atoms with Gasteiger partial charge < -0.3 is 0 Å². The van der Waals surface area contributed by atoms with Gasteiger partial charge in [-0.2, -0.15) is 0 Å². The van der Waals surface area contributed by atoms with Crippen molar-refractivity contribution in [3.63, 3.8) is 0 Å². The lowest BCUT2D eigenvalue weighted by atomic mass is 10.0. The molecule has 1 atom stereocenters. The average Bonchev–Trinajstić information content (AvgIpc) is 2.65. The summed E-state index contributed by atoms with van der Waals surface area (Å²) in [5.74, 6) is 2.61. The molecular weight excluding hydrogens is 312 g/mol. The maximum atomic E-state index is 13.3. The number of carbonyl (C=O) groups excluding carboxylic acids is 1. The minimum Gasteiger partial charge on any atom is -0.288 e. The second-order valence-electron chi connectivity index (χ2n) is 6.17. The standard InChI is InChI=1S/C22H29OS/c1-3-5-17-24(18-6-4-2)22(20-15-11-8-12-16-20)21(23)19-13-9-7-10-14-19/h7-16,22H,3-6,17-18H2,1-2H3/q+1. The van der Waals surface area contributed by atoms with E-state index in [0.29, 0.717) is 0 Å². The molecule has 2 heteroatoms. The molecule has 0 aromatic heterocycles. The summed E-state index contributed by atoms with van der Waals surface area (Å²) in [5, 5.41) is 0.00620. The monoisotopic (exact) mass is 341 g/mol. The van der Waals surface area contributed by atoms with Gasteiger partial charge in [0, 0.05) is 22.0 Å². The summed E-state index contributed by atoms with van der Waals surface area (Å²) in [6, 6.07) is 20.2. The van der Waals surface area contributed by atoms with E-state index in [4.69, 9.17) is 0 Å².